The molecule has 4 unspecified atom stereocenters. The summed E-state index contributed by atoms with van der Waals surface area (Å²) in [5.74, 6) is 0.429. The van der Waals surface area contributed by atoms with Crippen molar-refractivity contribution in [2.75, 3.05) is 19.0 Å². The van der Waals surface area contributed by atoms with Crippen LogP contribution in [0.1, 0.15) is 62.3 Å². The van der Waals surface area contributed by atoms with E-state index >= 15 is 0 Å². The number of hydrogen-bond donors (Lipinski definition) is 2. The summed E-state index contributed by atoms with van der Waals surface area (Å²) in [5, 5.41) is 13.0. The largest absolute Gasteiger partial charge is 0.497 e. The fourth-order valence-electron chi connectivity index (χ4n) is 5.50. The molecule has 4 aromatic rings. The number of carbonyl (C=O) groups is 1. The molecule has 2 N–H and O–H groups in total. The van der Waals surface area contributed by atoms with Gasteiger partial charge in [0.05, 0.1) is 25.9 Å². The maximum absolute atomic E-state index is 13.1. The van der Waals surface area contributed by atoms with Crippen LogP contribution in [-0.2, 0) is 14.2 Å². The van der Waals surface area contributed by atoms with Gasteiger partial charge in [-0.15, -0.1) is 0 Å². The summed E-state index contributed by atoms with van der Waals surface area (Å²) in [6, 6.07) is 29.1. The van der Waals surface area contributed by atoms with E-state index in [-0.39, 0.29) is 18.3 Å². The molecule has 1 aliphatic rings. The Morgan fingerprint density at radius 3 is 2.13 bits per heavy atom. The normalized spacial score (nSPS) is 18.8. The minimum absolute atomic E-state index is 0.0618. The van der Waals surface area contributed by atoms with Gasteiger partial charge in [0.2, 0.25) is 0 Å². The van der Waals surface area contributed by atoms with Gasteiger partial charge >= 0.3 is 11.8 Å². The van der Waals surface area contributed by atoms with Gasteiger partial charge in [-0.25, -0.2) is 9.59 Å². The van der Waals surface area contributed by atoms with Crippen LogP contribution < -0.4 is 15.7 Å². The van der Waals surface area contributed by atoms with E-state index in [1.807, 2.05) is 84.9 Å². The molecule has 1 fully saturated rings. The van der Waals surface area contributed by atoms with Crippen LogP contribution in [0.3, 0.4) is 0 Å². The molecule has 1 aromatic heterocycles. The number of aromatic nitrogens is 2. The SMILES string of the molecule is COc1ccc(C(OC(c2ccccc2)c2ccccc2)C2CC(n3ccc(NC(=O)OC(C)(C)C)nc3=O)OC2CO)cc1. The maximum atomic E-state index is 13.1. The van der Waals surface area contributed by atoms with Crippen molar-refractivity contribution < 1.29 is 28.8 Å². The monoisotopic (exact) mass is 613 g/mol. The Morgan fingerprint density at radius 1 is 0.978 bits per heavy atom. The molecule has 1 saturated heterocycles. The van der Waals surface area contributed by atoms with Crippen LogP contribution in [0.5, 0.6) is 5.75 Å². The molecule has 45 heavy (non-hydrogen) atoms. The van der Waals surface area contributed by atoms with Crippen LogP contribution >= 0.6 is 0 Å². The Kier molecular flexibility index (Phi) is 9.97. The molecule has 1 aliphatic heterocycles. The highest BCUT2D eigenvalue weighted by Crippen LogP contribution is 2.45. The summed E-state index contributed by atoms with van der Waals surface area (Å²) in [7, 11) is 1.61. The molecular weight excluding hydrogens is 574 g/mol. The van der Waals surface area contributed by atoms with E-state index < -0.39 is 41.9 Å². The van der Waals surface area contributed by atoms with Crippen LogP contribution in [0.4, 0.5) is 10.6 Å². The lowest BCUT2D eigenvalue weighted by atomic mass is 9.88. The Balaban J connectivity index is 1.46. The van der Waals surface area contributed by atoms with Crippen LogP contribution in [0, 0.1) is 5.92 Å². The highest BCUT2D eigenvalue weighted by Gasteiger charge is 2.43. The zero-order valence-electron chi connectivity index (χ0n) is 25.8. The molecule has 0 saturated carbocycles. The van der Waals surface area contributed by atoms with Gasteiger partial charge < -0.3 is 24.1 Å². The molecule has 0 spiro atoms. The highest BCUT2D eigenvalue weighted by atomic mass is 16.6. The lowest BCUT2D eigenvalue weighted by Crippen LogP contribution is -2.30. The van der Waals surface area contributed by atoms with Crippen molar-refractivity contribution in [2.45, 2.75) is 57.3 Å². The van der Waals surface area contributed by atoms with Gasteiger partial charge in [0, 0.05) is 18.5 Å². The lowest BCUT2D eigenvalue weighted by Gasteiger charge is -2.32. The number of amides is 1. The van der Waals surface area contributed by atoms with Gasteiger partial charge in [-0.05, 0) is 55.7 Å². The van der Waals surface area contributed by atoms with Crippen LogP contribution in [0.2, 0.25) is 0 Å². The molecule has 5 rings (SSSR count). The first-order valence-corrected chi connectivity index (χ1v) is 14.9. The van der Waals surface area contributed by atoms with Gasteiger partial charge in [-0.1, -0.05) is 72.8 Å². The summed E-state index contributed by atoms with van der Waals surface area (Å²) >= 11 is 0. The minimum Gasteiger partial charge on any atom is -0.497 e. The Labute approximate surface area is 262 Å². The van der Waals surface area contributed by atoms with Crippen molar-refractivity contribution in [2.24, 2.45) is 5.92 Å². The summed E-state index contributed by atoms with van der Waals surface area (Å²) in [6.07, 6.45) is -1.14. The first kappa shape index (κ1) is 31.9. The Morgan fingerprint density at radius 2 is 1.60 bits per heavy atom. The molecule has 0 aliphatic carbocycles. The van der Waals surface area contributed by atoms with Crippen molar-refractivity contribution in [1.29, 1.82) is 0 Å². The van der Waals surface area contributed by atoms with Gasteiger partial charge in [-0.2, -0.15) is 4.98 Å². The Bertz CT molecular complexity index is 1570. The van der Waals surface area contributed by atoms with E-state index in [0.29, 0.717) is 12.2 Å². The summed E-state index contributed by atoms with van der Waals surface area (Å²) in [4.78, 5) is 29.3. The number of aliphatic hydroxyl groups excluding tert-OH is 1. The van der Waals surface area contributed by atoms with E-state index in [1.165, 1.54) is 16.8 Å². The number of carbonyl (C=O) groups excluding carboxylic acids is 1. The van der Waals surface area contributed by atoms with Crippen molar-refractivity contribution >= 4 is 11.9 Å². The molecule has 10 nitrogen and oxygen atoms in total. The molecule has 3 aromatic carbocycles. The number of aliphatic hydroxyl groups is 1. The molecular formula is C35H39N3O7. The van der Waals surface area contributed by atoms with E-state index in [0.717, 1.165) is 16.7 Å². The van der Waals surface area contributed by atoms with E-state index in [4.69, 9.17) is 18.9 Å². The van der Waals surface area contributed by atoms with Crippen molar-refractivity contribution in [3.8, 4) is 5.75 Å². The van der Waals surface area contributed by atoms with Crippen LogP contribution in [-0.4, -0.2) is 46.2 Å². The zero-order chi connectivity index (χ0) is 32.0. The molecule has 4 atom stereocenters. The molecule has 0 bridgehead atoms. The summed E-state index contributed by atoms with van der Waals surface area (Å²) < 4.78 is 25.3. The van der Waals surface area contributed by atoms with Crippen molar-refractivity contribution in [1.82, 2.24) is 9.55 Å². The summed E-state index contributed by atoms with van der Waals surface area (Å²) in [5.41, 5.74) is 1.52. The third kappa shape index (κ3) is 7.96. The number of ether oxygens (including phenoxy) is 4. The average Bonchev–Trinajstić information content (AvgIpc) is 3.45. The lowest BCUT2D eigenvalue weighted by molar-refractivity contribution is -0.0738. The second-order valence-electron chi connectivity index (χ2n) is 11.9. The van der Waals surface area contributed by atoms with E-state index in [9.17, 15) is 14.7 Å². The third-order valence-corrected chi connectivity index (χ3v) is 7.55. The second kappa shape index (κ2) is 14.1. The predicted molar refractivity (Wildman–Crippen MR) is 169 cm³/mol. The molecule has 2 heterocycles. The van der Waals surface area contributed by atoms with Crippen LogP contribution in [0.25, 0.3) is 0 Å². The van der Waals surface area contributed by atoms with Crippen LogP contribution in [0.15, 0.2) is 102 Å². The van der Waals surface area contributed by atoms with Crippen molar-refractivity contribution in [3.63, 3.8) is 0 Å². The molecule has 0 radical (unpaired) electrons. The van der Waals surface area contributed by atoms with E-state index in [1.54, 1.807) is 27.9 Å². The minimum atomic E-state index is -0.723. The quantitative estimate of drug-likeness (QED) is 0.222. The standard InChI is InChI=1S/C35H39N3O7/c1-35(2,3)45-34(41)37-29-19-20-38(33(40)36-29)30-21-27(28(22-39)43-30)32(25-15-17-26(42-4)18-16-25)44-31(23-11-7-5-8-12-23)24-13-9-6-10-14-24/h5-20,27-28,30-32,39H,21-22H2,1-4H3,(H,36,37,40,41). The molecule has 1 amide bonds. The van der Waals surface area contributed by atoms with E-state index in [2.05, 4.69) is 10.3 Å². The smallest absolute Gasteiger partial charge is 0.413 e. The number of benzene rings is 3. The fourth-order valence-corrected chi connectivity index (χ4v) is 5.50. The fraction of sp³-hybridized carbons (Fsp3) is 0.343. The maximum Gasteiger partial charge on any atom is 0.413 e. The third-order valence-electron chi connectivity index (χ3n) is 7.55. The van der Waals surface area contributed by atoms with Gasteiger partial charge in [0.1, 0.15) is 29.5 Å². The number of hydrogen-bond acceptors (Lipinski definition) is 8. The predicted octanol–water partition coefficient (Wildman–Crippen LogP) is 6.04. The van der Waals surface area contributed by atoms with Crippen molar-refractivity contribution in [3.05, 3.63) is 124 Å². The van der Waals surface area contributed by atoms with Gasteiger partial charge in [-0.3, -0.25) is 9.88 Å². The number of nitrogens with one attached hydrogen (secondary N) is 1. The number of rotatable bonds is 10. The van der Waals surface area contributed by atoms with Gasteiger partial charge in [0.25, 0.3) is 0 Å². The van der Waals surface area contributed by atoms with Gasteiger partial charge in [0.15, 0.2) is 0 Å². The average molecular weight is 614 g/mol. The zero-order valence-corrected chi connectivity index (χ0v) is 25.8. The molecule has 10 heteroatoms. The highest BCUT2D eigenvalue weighted by molar-refractivity contribution is 5.83. The topological polar surface area (TPSA) is 121 Å². The Hall–Kier alpha value is -4.51. The summed E-state index contributed by atoms with van der Waals surface area (Å²) in [6.45, 7) is 4.95. The first-order valence-electron chi connectivity index (χ1n) is 14.9. The molecule has 236 valence electrons. The number of nitrogens with zero attached hydrogens (tertiary/aromatic N) is 2. The first-order chi connectivity index (χ1) is 21.6. The number of anilines is 1. The number of methoxy groups -OCH3 is 1. The second-order valence-corrected chi connectivity index (χ2v) is 11.9.